The topological polar surface area (TPSA) is 84.9 Å². The lowest BCUT2D eigenvalue weighted by Crippen LogP contribution is -2.43. The van der Waals surface area contributed by atoms with Crippen molar-refractivity contribution in [3.63, 3.8) is 0 Å². The Balaban J connectivity index is 1.50. The Kier molecular flexibility index (Phi) is 7.06. The van der Waals surface area contributed by atoms with Crippen molar-refractivity contribution in [3.8, 4) is 5.75 Å². The molecule has 0 saturated heterocycles. The van der Waals surface area contributed by atoms with E-state index in [0.717, 1.165) is 12.0 Å². The van der Waals surface area contributed by atoms with Crippen molar-refractivity contribution in [2.75, 3.05) is 19.7 Å². The molecule has 2 amide bonds. The van der Waals surface area contributed by atoms with E-state index < -0.39 is 18.0 Å². The molecule has 0 unspecified atom stereocenters. The Labute approximate surface area is 176 Å². The van der Waals surface area contributed by atoms with Crippen LogP contribution in [0.2, 0.25) is 0 Å². The van der Waals surface area contributed by atoms with Crippen molar-refractivity contribution < 1.29 is 23.9 Å². The van der Waals surface area contributed by atoms with Crippen LogP contribution in [0.3, 0.4) is 0 Å². The van der Waals surface area contributed by atoms with Crippen molar-refractivity contribution in [2.45, 2.75) is 32.9 Å². The van der Waals surface area contributed by atoms with Gasteiger partial charge in [-0.3, -0.25) is 14.4 Å². The van der Waals surface area contributed by atoms with Crippen LogP contribution < -0.4 is 10.1 Å². The molecule has 0 radical (unpaired) electrons. The van der Waals surface area contributed by atoms with Crippen molar-refractivity contribution >= 4 is 17.8 Å². The second kappa shape index (κ2) is 9.91. The lowest BCUT2D eigenvalue weighted by molar-refractivity contribution is -0.158. The number of rotatable bonds is 7. The van der Waals surface area contributed by atoms with Gasteiger partial charge < -0.3 is 19.7 Å². The van der Waals surface area contributed by atoms with E-state index in [-0.39, 0.29) is 12.5 Å². The number of hydrogen-bond acceptors (Lipinski definition) is 5. The SMILES string of the molecule is CCOc1ccccc1C(=O)NCC(=O)O[C@H](C)C(=O)N1CCc2ccccc2C1. The minimum atomic E-state index is -0.921. The van der Waals surface area contributed by atoms with Gasteiger partial charge in [0.05, 0.1) is 12.2 Å². The second-order valence-electron chi connectivity index (χ2n) is 7.02. The van der Waals surface area contributed by atoms with E-state index >= 15 is 0 Å². The van der Waals surface area contributed by atoms with Gasteiger partial charge >= 0.3 is 5.97 Å². The lowest BCUT2D eigenvalue weighted by Gasteiger charge is -2.30. The number of nitrogens with zero attached hydrogens (tertiary/aromatic N) is 1. The van der Waals surface area contributed by atoms with E-state index in [4.69, 9.17) is 9.47 Å². The van der Waals surface area contributed by atoms with Gasteiger partial charge in [0.15, 0.2) is 6.10 Å². The quantitative estimate of drug-likeness (QED) is 0.708. The number of esters is 1. The first-order chi connectivity index (χ1) is 14.5. The molecule has 3 rings (SSSR count). The van der Waals surface area contributed by atoms with Gasteiger partial charge in [0.1, 0.15) is 12.3 Å². The highest BCUT2D eigenvalue weighted by molar-refractivity contribution is 5.98. The average Bonchev–Trinajstić information content (AvgIpc) is 2.77. The van der Waals surface area contributed by atoms with Crippen LogP contribution in [-0.4, -0.2) is 48.5 Å². The number of carbonyl (C=O) groups excluding carboxylic acids is 3. The molecule has 1 aliphatic heterocycles. The monoisotopic (exact) mass is 410 g/mol. The minimum absolute atomic E-state index is 0.245. The van der Waals surface area contributed by atoms with Crippen molar-refractivity contribution in [1.82, 2.24) is 10.2 Å². The number of ether oxygens (including phenoxy) is 2. The fourth-order valence-electron chi connectivity index (χ4n) is 3.41. The van der Waals surface area contributed by atoms with Crippen LogP contribution in [0.15, 0.2) is 48.5 Å². The average molecular weight is 410 g/mol. The summed E-state index contributed by atoms with van der Waals surface area (Å²) in [4.78, 5) is 38.9. The summed E-state index contributed by atoms with van der Waals surface area (Å²) in [7, 11) is 0. The maximum absolute atomic E-state index is 12.7. The van der Waals surface area contributed by atoms with Crippen LogP contribution in [-0.2, 0) is 27.3 Å². The normalized spacial score (nSPS) is 13.7. The van der Waals surface area contributed by atoms with Crippen molar-refractivity contribution in [2.24, 2.45) is 0 Å². The minimum Gasteiger partial charge on any atom is -0.493 e. The largest absolute Gasteiger partial charge is 0.493 e. The number of amides is 2. The van der Waals surface area contributed by atoms with Gasteiger partial charge in [0, 0.05) is 13.1 Å². The summed E-state index contributed by atoms with van der Waals surface area (Å²) >= 11 is 0. The standard InChI is InChI=1S/C23H26N2O5/c1-3-29-20-11-7-6-10-19(20)22(27)24-14-21(26)30-16(2)23(28)25-13-12-17-8-4-5-9-18(17)15-25/h4-11,16H,3,12-15H2,1-2H3,(H,24,27)/t16-/m1/s1. The first-order valence-corrected chi connectivity index (χ1v) is 10.0. The number of nitrogens with one attached hydrogen (secondary N) is 1. The predicted molar refractivity (Wildman–Crippen MR) is 111 cm³/mol. The van der Waals surface area contributed by atoms with E-state index in [9.17, 15) is 14.4 Å². The van der Waals surface area contributed by atoms with Crippen LogP contribution in [0.5, 0.6) is 5.75 Å². The van der Waals surface area contributed by atoms with Crippen molar-refractivity contribution in [3.05, 3.63) is 65.2 Å². The number of benzene rings is 2. The summed E-state index contributed by atoms with van der Waals surface area (Å²) in [5, 5.41) is 2.52. The first-order valence-electron chi connectivity index (χ1n) is 10.0. The Morgan fingerprint density at radius 1 is 1.07 bits per heavy atom. The van der Waals surface area contributed by atoms with Gasteiger partial charge in [-0.25, -0.2) is 0 Å². The zero-order chi connectivity index (χ0) is 21.5. The van der Waals surface area contributed by atoms with E-state index in [2.05, 4.69) is 11.4 Å². The first kappa shape index (κ1) is 21.4. The molecule has 1 atom stereocenters. The number of hydrogen-bond donors (Lipinski definition) is 1. The van der Waals surface area contributed by atoms with E-state index in [1.807, 2.05) is 25.1 Å². The molecule has 2 aromatic rings. The summed E-state index contributed by atoms with van der Waals surface area (Å²) < 4.78 is 10.7. The summed E-state index contributed by atoms with van der Waals surface area (Å²) in [6.45, 7) is 4.55. The molecule has 1 N–H and O–H groups in total. The van der Waals surface area contributed by atoms with Crippen LogP contribution in [0.1, 0.15) is 35.3 Å². The Bertz CT molecular complexity index is 927. The maximum Gasteiger partial charge on any atom is 0.326 e. The molecule has 1 aliphatic rings. The van der Waals surface area contributed by atoms with Gasteiger partial charge in [0.25, 0.3) is 11.8 Å². The fourth-order valence-corrected chi connectivity index (χ4v) is 3.41. The molecule has 7 heteroatoms. The third kappa shape index (κ3) is 5.17. The lowest BCUT2D eigenvalue weighted by atomic mass is 9.99. The second-order valence-corrected chi connectivity index (χ2v) is 7.02. The number of para-hydroxylation sites is 1. The van der Waals surface area contributed by atoms with Gasteiger partial charge in [0.2, 0.25) is 0 Å². The van der Waals surface area contributed by atoms with Gasteiger partial charge in [-0.2, -0.15) is 0 Å². The molecule has 1 heterocycles. The van der Waals surface area contributed by atoms with Gasteiger partial charge in [-0.15, -0.1) is 0 Å². The summed E-state index contributed by atoms with van der Waals surface area (Å²) in [6, 6.07) is 14.8. The van der Waals surface area contributed by atoms with Crippen LogP contribution in [0.4, 0.5) is 0 Å². The van der Waals surface area contributed by atoms with Crippen LogP contribution >= 0.6 is 0 Å². The summed E-state index contributed by atoms with van der Waals surface area (Å²) in [5.74, 6) is -0.913. The zero-order valence-corrected chi connectivity index (χ0v) is 17.2. The molecule has 158 valence electrons. The maximum atomic E-state index is 12.7. The fraction of sp³-hybridized carbons (Fsp3) is 0.348. The van der Waals surface area contributed by atoms with E-state index in [0.29, 0.717) is 31.0 Å². The van der Waals surface area contributed by atoms with Crippen LogP contribution in [0, 0.1) is 0 Å². The molecular weight excluding hydrogens is 384 g/mol. The highest BCUT2D eigenvalue weighted by Crippen LogP contribution is 2.20. The molecule has 0 spiro atoms. The molecule has 0 aliphatic carbocycles. The third-order valence-electron chi connectivity index (χ3n) is 4.92. The van der Waals surface area contributed by atoms with Gasteiger partial charge in [-0.05, 0) is 43.5 Å². The molecule has 0 aromatic heterocycles. The molecule has 0 bridgehead atoms. The predicted octanol–water partition coefficient (Wildman–Crippen LogP) is 2.33. The zero-order valence-electron chi connectivity index (χ0n) is 17.2. The van der Waals surface area contributed by atoms with Crippen molar-refractivity contribution in [1.29, 1.82) is 0 Å². The molecule has 2 aromatic carbocycles. The summed E-state index contributed by atoms with van der Waals surface area (Å²) in [6.07, 6.45) is -0.145. The molecule has 0 fully saturated rings. The highest BCUT2D eigenvalue weighted by atomic mass is 16.5. The van der Waals surface area contributed by atoms with E-state index in [1.54, 1.807) is 36.1 Å². The Morgan fingerprint density at radius 2 is 1.77 bits per heavy atom. The molecule has 7 nitrogen and oxygen atoms in total. The van der Waals surface area contributed by atoms with E-state index in [1.165, 1.54) is 5.56 Å². The third-order valence-corrected chi connectivity index (χ3v) is 4.92. The molecular formula is C23H26N2O5. The highest BCUT2D eigenvalue weighted by Gasteiger charge is 2.27. The Hall–Kier alpha value is -3.35. The number of carbonyl (C=O) groups is 3. The number of fused-ring (bicyclic) bond motifs is 1. The van der Waals surface area contributed by atoms with Crippen LogP contribution in [0.25, 0.3) is 0 Å². The molecule has 30 heavy (non-hydrogen) atoms. The summed E-state index contributed by atoms with van der Waals surface area (Å²) in [5.41, 5.74) is 2.68. The smallest absolute Gasteiger partial charge is 0.326 e. The van der Waals surface area contributed by atoms with Gasteiger partial charge in [-0.1, -0.05) is 36.4 Å². The molecule has 0 saturated carbocycles. The Morgan fingerprint density at radius 3 is 2.53 bits per heavy atom.